The van der Waals surface area contributed by atoms with E-state index in [0.29, 0.717) is 37.1 Å². The van der Waals surface area contributed by atoms with Gasteiger partial charge in [0, 0.05) is 12.6 Å². The summed E-state index contributed by atoms with van der Waals surface area (Å²) in [5.41, 5.74) is 1.10. The van der Waals surface area contributed by atoms with E-state index in [0.717, 1.165) is 5.56 Å². The zero-order chi connectivity index (χ0) is 19.4. The number of aromatic nitrogens is 2. The molecular formula is C19H18N4O4S. The third-order valence-corrected chi connectivity index (χ3v) is 5.40. The zero-order valence-corrected chi connectivity index (χ0v) is 15.6. The van der Waals surface area contributed by atoms with Crippen molar-refractivity contribution in [1.29, 1.82) is 0 Å². The molecule has 2 heterocycles. The van der Waals surface area contributed by atoms with Crippen LogP contribution in [0.2, 0.25) is 0 Å². The van der Waals surface area contributed by atoms with E-state index in [9.17, 15) is 8.42 Å². The van der Waals surface area contributed by atoms with Crippen molar-refractivity contribution in [2.75, 3.05) is 23.3 Å². The van der Waals surface area contributed by atoms with Crippen LogP contribution in [0.3, 0.4) is 0 Å². The maximum Gasteiger partial charge on any atom is 0.263 e. The highest BCUT2D eigenvalue weighted by atomic mass is 32.2. The molecule has 2 N–H and O–H groups in total. The quantitative estimate of drug-likeness (QED) is 0.658. The predicted octanol–water partition coefficient (Wildman–Crippen LogP) is 2.66. The minimum atomic E-state index is -3.82. The summed E-state index contributed by atoms with van der Waals surface area (Å²) >= 11 is 0. The minimum Gasteiger partial charge on any atom is -0.486 e. The van der Waals surface area contributed by atoms with Gasteiger partial charge in [-0.05, 0) is 29.8 Å². The molecule has 0 saturated carbocycles. The number of anilines is 2. The Morgan fingerprint density at radius 3 is 2.32 bits per heavy atom. The van der Waals surface area contributed by atoms with Gasteiger partial charge in [-0.2, -0.15) is 0 Å². The van der Waals surface area contributed by atoms with Crippen molar-refractivity contribution >= 4 is 21.7 Å². The Bertz CT molecular complexity index is 1060. The smallest absolute Gasteiger partial charge is 0.263 e. The van der Waals surface area contributed by atoms with Gasteiger partial charge in [0.15, 0.2) is 17.3 Å². The second-order valence-electron chi connectivity index (χ2n) is 6.05. The van der Waals surface area contributed by atoms with Gasteiger partial charge >= 0.3 is 0 Å². The average molecular weight is 398 g/mol. The lowest BCUT2D eigenvalue weighted by molar-refractivity contribution is 0.171. The van der Waals surface area contributed by atoms with Crippen molar-refractivity contribution in [2.24, 2.45) is 0 Å². The van der Waals surface area contributed by atoms with Crippen LogP contribution in [-0.2, 0) is 16.6 Å². The summed E-state index contributed by atoms with van der Waals surface area (Å²) in [6.45, 7) is 1.42. The molecule has 0 aliphatic carbocycles. The Labute approximate surface area is 162 Å². The van der Waals surface area contributed by atoms with Crippen molar-refractivity contribution in [3.05, 3.63) is 66.2 Å². The molecule has 0 atom stereocenters. The summed E-state index contributed by atoms with van der Waals surface area (Å²) in [6, 6.07) is 17.5. The van der Waals surface area contributed by atoms with E-state index in [1.165, 1.54) is 12.1 Å². The van der Waals surface area contributed by atoms with Crippen molar-refractivity contribution in [1.82, 2.24) is 10.2 Å². The zero-order valence-electron chi connectivity index (χ0n) is 14.8. The average Bonchev–Trinajstić information content (AvgIpc) is 2.73. The number of nitrogens with zero attached hydrogens (tertiary/aromatic N) is 2. The fourth-order valence-corrected chi connectivity index (χ4v) is 3.67. The number of ether oxygens (including phenoxy) is 2. The van der Waals surface area contributed by atoms with Crippen LogP contribution in [0.5, 0.6) is 11.5 Å². The maximum absolute atomic E-state index is 12.6. The lowest BCUT2D eigenvalue weighted by Crippen LogP contribution is -2.18. The molecule has 4 rings (SSSR count). The topological polar surface area (TPSA) is 102 Å². The maximum atomic E-state index is 12.6. The van der Waals surface area contributed by atoms with Gasteiger partial charge in [-0.1, -0.05) is 30.3 Å². The number of benzene rings is 2. The number of hydrogen-bond acceptors (Lipinski definition) is 7. The Balaban J connectivity index is 1.43. The fraction of sp³-hybridized carbons (Fsp3) is 0.158. The van der Waals surface area contributed by atoms with E-state index in [-0.39, 0.29) is 10.7 Å². The summed E-state index contributed by atoms with van der Waals surface area (Å²) in [5, 5.41) is 11.1. The van der Waals surface area contributed by atoms with E-state index in [1.54, 1.807) is 18.2 Å². The van der Waals surface area contributed by atoms with Crippen LogP contribution in [0, 0.1) is 0 Å². The molecule has 2 aromatic carbocycles. The molecule has 0 amide bonds. The van der Waals surface area contributed by atoms with Crippen LogP contribution in [0.4, 0.5) is 11.6 Å². The Morgan fingerprint density at radius 1 is 0.857 bits per heavy atom. The molecule has 0 spiro atoms. The SMILES string of the molecule is O=S(=O)(Nc1ccc(NCc2ccccc2)nn1)c1ccc2c(c1)OCCO2. The monoisotopic (exact) mass is 398 g/mol. The van der Waals surface area contributed by atoms with Crippen LogP contribution in [-0.4, -0.2) is 31.8 Å². The predicted molar refractivity (Wildman–Crippen MR) is 104 cm³/mol. The molecule has 9 heteroatoms. The molecule has 0 bridgehead atoms. The molecule has 144 valence electrons. The first-order valence-corrected chi connectivity index (χ1v) is 10.1. The lowest BCUT2D eigenvalue weighted by Gasteiger charge is -2.18. The van der Waals surface area contributed by atoms with Crippen LogP contribution in [0.1, 0.15) is 5.56 Å². The number of sulfonamides is 1. The molecule has 28 heavy (non-hydrogen) atoms. The van der Waals surface area contributed by atoms with Crippen molar-refractivity contribution < 1.29 is 17.9 Å². The largest absolute Gasteiger partial charge is 0.486 e. The van der Waals surface area contributed by atoms with E-state index < -0.39 is 10.0 Å². The molecule has 0 saturated heterocycles. The second-order valence-corrected chi connectivity index (χ2v) is 7.74. The van der Waals surface area contributed by atoms with E-state index in [1.807, 2.05) is 30.3 Å². The molecule has 1 aliphatic rings. The highest BCUT2D eigenvalue weighted by Crippen LogP contribution is 2.32. The first-order valence-electron chi connectivity index (χ1n) is 8.64. The van der Waals surface area contributed by atoms with Gasteiger partial charge in [-0.15, -0.1) is 10.2 Å². The van der Waals surface area contributed by atoms with Crippen molar-refractivity contribution in [3.8, 4) is 11.5 Å². The Morgan fingerprint density at radius 2 is 1.57 bits per heavy atom. The van der Waals surface area contributed by atoms with Crippen LogP contribution in [0.15, 0.2) is 65.6 Å². The lowest BCUT2D eigenvalue weighted by atomic mass is 10.2. The van der Waals surface area contributed by atoms with Gasteiger partial charge in [0.2, 0.25) is 0 Å². The molecule has 8 nitrogen and oxygen atoms in total. The number of hydrogen-bond donors (Lipinski definition) is 2. The van der Waals surface area contributed by atoms with Gasteiger partial charge < -0.3 is 14.8 Å². The Hall–Kier alpha value is -3.33. The van der Waals surface area contributed by atoms with Gasteiger partial charge in [0.25, 0.3) is 10.0 Å². The summed E-state index contributed by atoms with van der Waals surface area (Å²) in [6.07, 6.45) is 0. The molecule has 0 unspecified atom stereocenters. The summed E-state index contributed by atoms with van der Waals surface area (Å²) in [4.78, 5) is 0.0600. The van der Waals surface area contributed by atoms with Crippen molar-refractivity contribution in [3.63, 3.8) is 0 Å². The molecule has 0 fully saturated rings. The molecule has 0 radical (unpaired) electrons. The molecule has 1 aromatic heterocycles. The molecular weight excluding hydrogens is 380 g/mol. The highest BCUT2D eigenvalue weighted by Gasteiger charge is 2.20. The summed E-state index contributed by atoms with van der Waals surface area (Å²) in [7, 11) is -3.82. The van der Waals surface area contributed by atoms with Gasteiger partial charge in [0.1, 0.15) is 19.0 Å². The first-order chi connectivity index (χ1) is 13.6. The normalized spacial score (nSPS) is 13.0. The first kappa shape index (κ1) is 18.1. The van der Waals surface area contributed by atoms with E-state index >= 15 is 0 Å². The molecule has 1 aliphatic heterocycles. The molecule has 3 aromatic rings. The van der Waals surface area contributed by atoms with Crippen LogP contribution < -0.4 is 19.5 Å². The summed E-state index contributed by atoms with van der Waals surface area (Å²) < 4.78 is 38.4. The standard InChI is InChI=1S/C19H18N4O4S/c24-28(25,15-6-7-16-17(12-15)27-11-10-26-16)23-19-9-8-18(21-22-19)20-13-14-4-2-1-3-5-14/h1-9,12H,10-11,13H2,(H,20,21)(H,22,23). The third-order valence-electron chi connectivity index (χ3n) is 4.04. The minimum absolute atomic E-state index is 0.0600. The fourth-order valence-electron chi connectivity index (χ4n) is 2.66. The van der Waals surface area contributed by atoms with Crippen LogP contribution in [0.25, 0.3) is 0 Å². The van der Waals surface area contributed by atoms with Crippen molar-refractivity contribution in [2.45, 2.75) is 11.4 Å². The van der Waals surface area contributed by atoms with E-state index in [2.05, 4.69) is 20.2 Å². The number of nitrogens with one attached hydrogen (secondary N) is 2. The van der Waals surface area contributed by atoms with Gasteiger partial charge in [0.05, 0.1) is 4.90 Å². The number of fused-ring (bicyclic) bond motifs is 1. The number of rotatable bonds is 6. The Kier molecular flexibility index (Phi) is 4.98. The third kappa shape index (κ3) is 4.15. The second kappa shape index (κ2) is 7.73. The highest BCUT2D eigenvalue weighted by molar-refractivity contribution is 7.92. The van der Waals surface area contributed by atoms with Crippen LogP contribution >= 0.6 is 0 Å². The summed E-state index contributed by atoms with van der Waals surface area (Å²) in [5.74, 6) is 1.60. The van der Waals surface area contributed by atoms with Gasteiger partial charge in [-0.25, -0.2) is 8.42 Å². The van der Waals surface area contributed by atoms with E-state index in [4.69, 9.17) is 9.47 Å². The van der Waals surface area contributed by atoms with Gasteiger partial charge in [-0.3, -0.25) is 4.72 Å².